The number of hydrogen-bond donors (Lipinski definition) is 2. The van der Waals surface area contributed by atoms with Crippen LogP contribution < -0.4 is 11.3 Å². The van der Waals surface area contributed by atoms with Crippen LogP contribution in [0.5, 0.6) is 0 Å². The second-order valence-electron chi connectivity index (χ2n) is 4.97. The molecule has 5 nitrogen and oxygen atoms in total. The van der Waals surface area contributed by atoms with E-state index in [2.05, 4.69) is 10.5 Å². The van der Waals surface area contributed by atoms with Gasteiger partial charge in [0.2, 0.25) is 0 Å². The smallest absolute Gasteiger partial charge is 0.0644 e. The van der Waals surface area contributed by atoms with Gasteiger partial charge in [-0.1, -0.05) is 0 Å². The van der Waals surface area contributed by atoms with Crippen molar-refractivity contribution in [3.05, 3.63) is 18.0 Å². The summed E-state index contributed by atoms with van der Waals surface area (Å²) in [5.41, 5.74) is 3.64. The molecule has 1 aromatic heterocycles. The lowest BCUT2D eigenvalue weighted by atomic mass is 10.1. The minimum absolute atomic E-state index is 0.0918. The lowest BCUT2D eigenvalue weighted by molar-refractivity contribution is -0.0144. The first-order valence-electron chi connectivity index (χ1n) is 5.49. The van der Waals surface area contributed by atoms with E-state index in [1.54, 1.807) is 4.68 Å². The van der Waals surface area contributed by atoms with E-state index in [1.807, 2.05) is 40.1 Å². The average molecular weight is 226 g/mol. The molecule has 0 radical (unpaired) electrons. The van der Waals surface area contributed by atoms with Crippen LogP contribution in [0, 0.1) is 0 Å². The first-order valence-corrected chi connectivity index (χ1v) is 5.49. The fraction of sp³-hybridized carbons (Fsp3) is 0.727. The summed E-state index contributed by atoms with van der Waals surface area (Å²) in [5, 5.41) is 4.31. The third-order valence-electron chi connectivity index (χ3n) is 2.18. The zero-order valence-electron chi connectivity index (χ0n) is 10.5. The van der Waals surface area contributed by atoms with Crippen molar-refractivity contribution in [2.24, 2.45) is 12.9 Å². The van der Waals surface area contributed by atoms with Crippen molar-refractivity contribution in [1.82, 2.24) is 15.2 Å². The molecular formula is C11H22N4O. The first-order chi connectivity index (χ1) is 7.40. The molecule has 0 fully saturated rings. The van der Waals surface area contributed by atoms with Gasteiger partial charge in [0.05, 0.1) is 23.9 Å². The van der Waals surface area contributed by atoms with Gasteiger partial charge in [0.15, 0.2) is 0 Å². The molecule has 1 unspecified atom stereocenters. The van der Waals surface area contributed by atoms with Crippen LogP contribution in [0.3, 0.4) is 0 Å². The van der Waals surface area contributed by atoms with Crippen LogP contribution in [0.25, 0.3) is 0 Å². The van der Waals surface area contributed by atoms with Gasteiger partial charge < -0.3 is 4.74 Å². The van der Waals surface area contributed by atoms with E-state index >= 15 is 0 Å². The molecule has 0 saturated carbocycles. The van der Waals surface area contributed by atoms with Gasteiger partial charge in [0.25, 0.3) is 0 Å². The summed E-state index contributed by atoms with van der Waals surface area (Å²) in [6.45, 7) is 6.67. The molecule has 0 amide bonds. The largest absolute Gasteiger partial charge is 0.374 e. The number of hydrogen-bond acceptors (Lipinski definition) is 4. The van der Waals surface area contributed by atoms with Crippen molar-refractivity contribution >= 4 is 0 Å². The van der Waals surface area contributed by atoms with Gasteiger partial charge in [-0.05, 0) is 26.8 Å². The van der Waals surface area contributed by atoms with Crippen LogP contribution >= 0.6 is 0 Å². The van der Waals surface area contributed by atoms with E-state index in [4.69, 9.17) is 10.6 Å². The Hall–Kier alpha value is -0.910. The summed E-state index contributed by atoms with van der Waals surface area (Å²) in [7, 11) is 1.90. The Morgan fingerprint density at radius 3 is 2.69 bits per heavy atom. The highest BCUT2D eigenvalue weighted by Crippen LogP contribution is 2.08. The summed E-state index contributed by atoms with van der Waals surface area (Å²) in [5.74, 6) is 5.49. The number of aromatic nitrogens is 2. The monoisotopic (exact) mass is 226 g/mol. The maximum Gasteiger partial charge on any atom is 0.0644 e. The first kappa shape index (κ1) is 13.2. The minimum Gasteiger partial charge on any atom is -0.374 e. The lowest BCUT2D eigenvalue weighted by Gasteiger charge is -2.23. The predicted octanol–water partition coefficient (Wildman–Crippen LogP) is 0.610. The molecule has 5 heteroatoms. The third-order valence-corrected chi connectivity index (χ3v) is 2.18. The number of ether oxygens (including phenoxy) is 1. The number of nitrogens with one attached hydrogen (secondary N) is 1. The molecule has 0 aromatic carbocycles. The highest BCUT2D eigenvalue weighted by molar-refractivity contribution is 5.01. The van der Waals surface area contributed by atoms with Gasteiger partial charge in [0, 0.05) is 19.7 Å². The predicted molar refractivity (Wildman–Crippen MR) is 63.7 cm³/mol. The Morgan fingerprint density at radius 1 is 1.56 bits per heavy atom. The van der Waals surface area contributed by atoms with Gasteiger partial charge in [-0.3, -0.25) is 16.0 Å². The molecule has 92 valence electrons. The number of hydrazine groups is 1. The molecule has 3 N–H and O–H groups in total. The van der Waals surface area contributed by atoms with Crippen LogP contribution in [-0.4, -0.2) is 28.0 Å². The van der Waals surface area contributed by atoms with E-state index in [9.17, 15) is 0 Å². The Bertz CT molecular complexity index is 316. The summed E-state index contributed by atoms with van der Waals surface area (Å²) in [6, 6.07) is 2.08. The van der Waals surface area contributed by atoms with Gasteiger partial charge in [-0.25, -0.2) is 0 Å². The molecule has 1 atom stereocenters. The average Bonchev–Trinajstić information content (AvgIpc) is 2.57. The van der Waals surface area contributed by atoms with E-state index in [-0.39, 0.29) is 11.6 Å². The quantitative estimate of drug-likeness (QED) is 0.570. The second kappa shape index (κ2) is 5.43. The van der Waals surface area contributed by atoms with Crippen molar-refractivity contribution < 1.29 is 4.74 Å². The van der Waals surface area contributed by atoms with Gasteiger partial charge in [-0.15, -0.1) is 0 Å². The molecule has 1 rings (SSSR count). The van der Waals surface area contributed by atoms with E-state index in [0.717, 1.165) is 12.1 Å². The topological polar surface area (TPSA) is 65.1 Å². The molecule has 0 aliphatic carbocycles. The van der Waals surface area contributed by atoms with E-state index < -0.39 is 0 Å². The normalized spacial score (nSPS) is 14.1. The zero-order chi connectivity index (χ0) is 12.2. The van der Waals surface area contributed by atoms with Crippen LogP contribution in [-0.2, 0) is 18.2 Å². The molecule has 1 aromatic rings. The lowest BCUT2D eigenvalue weighted by Crippen LogP contribution is -2.42. The molecule has 16 heavy (non-hydrogen) atoms. The fourth-order valence-corrected chi connectivity index (χ4v) is 1.34. The number of aryl methyl sites for hydroxylation is 1. The van der Waals surface area contributed by atoms with E-state index in [0.29, 0.717) is 6.61 Å². The van der Waals surface area contributed by atoms with Gasteiger partial charge in [-0.2, -0.15) is 5.10 Å². The summed E-state index contributed by atoms with van der Waals surface area (Å²) in [4.78, 5) is 0. The fourth-order valence-electron chi connectivity index (χ4n) is 1.34. The molecule has 0 spiro atoms. The minimum atomic E-state index is -0.140. The van der Waals surface area contributed by atoms with Gasteiger partial charge in [0.1, 0.15) is 0 Å². The number of nitrogens with two attached hydrogens (primary N) is 1. The van der Waals surface area contributed by atoms with Crippen molar-refractivity contribution in [3.63, 3.8) is 0 Å². The van der Waals surface area contributed by atoms with Crippen LogP contribution in [0.1, 0.15) is 26.5 Å². The van der Waals surface area contributed by atoms with Crippen molar-refractivity contribution in [2.75, 3.05) is 6.61 Å². The van der Waals surface area contributed by atoms with Crippen LogP contribution in [0.4, 0.5) is 0 Å². The standard InChI is InChI=1S/C11H22N4O/c1-11(2,3)16-8-10(13-12)7-9-5-6-15(4)14-9/h5-6,10,13H,7-8,12H2,1-4H3. The zero-order valence-corrected chi connectivity index (χ0v) is 10.5. The van der Waals surface area contributed by atoms with Gasteiger partial charge >= 0.3 is 0 Å². The highest BCUT2D eigenvalue weighted by Gasteiger charge is 2.15. The molecule has 1 heterocycles. The molecule has 0 bridgehead atoms. The summed E-state index contributed by atoms with van der Waals surface area (Å²) < 4.78 is 7.47. The highest BCUT2D eigenvalue weighted by atomic mass is 16.5. The number of rotatable bonds is 5. The molecule has 0 saturated heterocycles. The third kappa shape index (κ3) is 4.74. The molecule has 0 aliphatic rings. The van der Waals surface area contributed by atoms with Crippen molar-refractivity contribution in [3.8, 4) is 0 Å². The Morgan fingerprint density at radius 2 is 2.25 bits per heavy atom. The Balaban J connectivity index is 2.43. The second-order valence-corrected chi connectivity index (χ2v) is 4.97. The molecule has 0 aliphatic heterocycles. The van der Waals surface area contributed by atoms with Crippen molar-refractivity contribution in [1.29, 1.82) is 0 Å². The van der Waals surface area contributed by atoms with Crippen LogP contribution in [0.15, 0.2) is 12.3 Å². The maximum absolute atomic E-state index is 5.68. The van der Waals surface area contributed by atoms with E-state index in [1.165, 1.54) is 0 Å². The summed E-state index contributed by atoms with van der Waals surface area (Å²) >= 11 is 0. The summed E-state index contributed by atoms with van der Waals surface area (Å²) in [6.07, 6.45) is 2.70. The molecular weight excluding hydrogens is 204 g/mol. The van der Waals surface area contributed by atoms with Crippen LogP contribution in [0.2, 0.25) is 0 Å². The number of nitrogens with zero attached hydrogens (tertiary/aromatic N) is 2. The Labute approximate surface area is 96.9 Å². The Kier molecular flexibility index (Phi) is 4.46. The SMILES string of the molecule is Cn1ccc(CC(COC(C)(C)C)NN)n1. The maximum atomic E-state index is 5.68. The van der Waals surface area contributed by atoms with Crippen molar-refractivity contribution in [2.45, 2.75) is 38.8 Å².